The van der Waals surface area contributed by atoms with Crippen LogP contribution in [0.25, 0.3) is 0 Å². The Morgan fingerprint density at radius 3 is 2.57 bits per heavy atom. The summed E-state index contributed by atoms with van der Waals surface area (Å²) in [6.45, 7) is -1.83. The lowest BCUT2D eigenvalue weighted by atomic mass is 10.2. The largest absolute Gasteiger partial charge is 0.433 e. The molecule has 0 aliphatic heterocycles. The van der Waals surface area contributed by atoms with Gasteiger partial charge in [0.25, 0.3) is 0 Å². The van der Waals surface area contributed by atoms with E-state index in [9.17, 15) is 22.3 Å². The van der Waals surface area contributed by atoms with E-state index < -0.39 is 28.8 Å². The first-order chi connectivity index (χ1) is 9.63. The van der Waals surface area contributed by atoms with Gasteiger partial charge in [0, 0.05) is 12.6 Å². The zero-order chi connectivity index (χ0) is 16.2. The highest BCUT2D eigenvalue weighted by Crippen LogP contribution is 2.28. The fraction of sp³-hybridized carbons (Fsp3) is 0.455. The molecule has 0 bridgehead atoms. The van der Waals surface area contributed by atoms with E-state index in [4.69, 9.17) is 17.3 Å². The molecule has 0 fully saturated rings. The van der Waals surface area contributed by atoms with Crippen molar-refractivity contribution in [2.24, 2.45) is 5.73 Å². The predicted molar refractivity (Wildman–Crippen MR) is 72.9 cm³/mol. The molecule has 10 heteroatoms. The minimum Gasteiger partial charge on any atom is -0.433 e. The van der Waals surface area contributed by atoms with Gasteiger partial charge in [-0.3, -0.25) is 0 Å². The average Bonchev–Trinajstić information content (AvgIpc) is 2.37. The predicted octanol–water partition coefficient (Wildman–Crippen LogP) is 0.928. The fourth-order valence-corrected chi connectivity index (χ4v) is 2.69. The molecule has 0 amide bonds. The lowest BCUT2D eigenvalue weighted by Gasteiger charge is -2.15. The van der Waals surface area contributed by atoms with Crippen molar-refractivity contribution in [3.05, 3.63) is 23.2 Å². The first kappa shape index (κ1) is 18.1. The van der Waals surface area contributed by atoms with Crippen molar-refractivity contribution in [2.75, 3.05) is 6.54 Å². The number of sulfonamides is 1. The quantitative estimate of drug-likeness (QED) is 0.683. The van der Waals surface area contributed by atoms with E-state index in [0.717, 1.165) is 18.2 Å². The summed E-state index contributed by atoms with van der Waals surface area (Å²) in [5.41, 5.74) is 5.50. The van der Waals surface area contributed by atoms with Gasteiger partial charge >= 0.3 is 6.61 Å². The molecular weight excluding hydrogens is 330 g/mol. The molecule has 21 heavy (non-hydrogen) atoms. The van der Waals surface area contributed by atoms with Crippen LogP contribution in [0.15, 0.2) is 23.1 Å². The van der Waals surface area contributed by atoms with Crippen LogP contribution in [0.1, 0.15) is 6.92 Å². The Morgan fingerprint density at radius 1 is 1.48 bits per heavy atom. The van der Waals surface area contributed by atoms with E-state index in [2.05, 4.69) is 9.46 Å². The summed E-state index contributed by atoms with van der Waals surface area (Å²) in [5, 5.41) is 8.92. The van der Waals surface area contributed by atoms with Crippen molar-refractivity contribution in [3.63, 3.8) is 0 Å². The Hall–Kier alpha value is -1.00. The van der Waals surface area contributed by atoms with E-state index in [1.165, 1.54) is 6.92 Å². The lowest BCUT2D eigenvalue weighted by Crippen LogP contribution is -2.43. The lowest BCUT2D eigenvalue weighted by molar-refractivity contribution is -0.0498. The molecule has 0 aliphatic rings. The zero-order valence-electron chi connectivity index (χ0n) is 11.0. The Balaban J connectivity index is 2.87. The Kier molecular flexibility index (Phi) is 6.29. The smallest absolute Gasteiger partial charge is 0.387 e. The molecule has 0 heterocycles. The maximum absolute atomic E-state index is 12.1. The molecule has 0 aromatic heterocycles. The summed E-state index contributed by atoms with van der Waals surface area (Å²) < 4.78 is 54.3. The molecule has 4 N–H and O–H groups in total. The Bertz CT molecular complexity index is 584. The van der Waals surface area contributed by atoms with Crippen LogP contribution in [0.5, 0.6) is 5.75 Å². The monoisotopic (exact) mass is 344 g/mol. The maximum Gasteiger partial charge on any atom is 0.387 e. The van der Waals surface area contributed by atoms with Gasteiger partial charge in [-0.2, -0.15) is 8.78 Å². The van der Waals surface area contributed by atoms with Crippen LogP contribution >= 0.6 is 11.6 Å². The fourth-order valence-electron chi connectivity index (χ4n) is 1.30. The summed E-state index contributed by atoms with van der Waals surface area (Å²) in [4.78, 5) is -0.230. The van der Waals surface area contributed by atoms with Crippen molar-refractivity contribution in [2.45, 2.75) is 30.6 Å². The molecular formula is C11H15ClF2N2O4S. The number of halogens is 3. The minimum atomic E-state index is -3.93. The van der Waals surface area contributed by atoms with Gasteiger partial charge in [-0.1, -0.05) is 11.6 Å². The van der Waals surface area contributed by atoms with Crippen molar-refractivity contribution in [1.29, 1.82) is 0 Å². The van der Waals surface area contributed by atoms with Crippen LogP contribution in [0.4, 0.5) is 8.78 Å². The highest BCUT2D eigenvalue weighted by Gasteiger charge is 2.19. The SMILES string of the molecule is CC(O)C(N)CNS(=O)(=O)c1ccc(OC(F)F)c(Cl)c1. The van der Waals surface area contributed by atoms with Gasteiger partial charge in [-0.05, 0) is 25.1 Å². The molecule has 0 radical (unpaired) electrons. The van der Waals surface area contributed by atoms with Gasteiger partial charge in [-0.25, -0.2) is 13.1 Å². The van der Waals surface area contributed by atoms with Crippen molar-refractivity contribution >= 4 is 21.6 Å². The molecule has 0 spiro atoms. The third kappa shape index (κ3) is 5.36. The number of nitrogens with two attached hydrogens (primary N) is 1. The normalized spacial score (nSPS) is 15.0. The number of benzene rings is 1. The molecule has 1 aromatic carbocycles. The molecule has 0 saturated heterocycles. The molecule has 0 aliphatic carbocycles. The van der Waals surface area contributed by atoms with E-state index in [1.54, 1.807) is 0 Å². The number of nitrogens with one attached hydrogen (secondary N) is 1. The number of aliphatic hydroxyl groups excluding tert-OH is 1. The second kappa shape index (κ2) is 7.32. The van der Waals surface area contributed by atoms with E-state index in [1.807, 2.05) is 0 Å². The highest BCUT2D eigenvalue weighted by molar-refractivity contribution is 7.89. The number of rotatable bonds is 7. The standard InChI is InChI=1S/C11H15ClF2N2O4S/c1-6(17)9(15)5-16-21(18,19)7-2-3-10(8(12)4-7)20-11(13)14/h2-4,6,9,11,16-17H,5,15H2,1H3. The average molecular weight is 345 g/mol. The summed E-state index contributed by atoms with van der Waals surface area (Å²) in [5.74, 6) is -0.328. The van der Waals surface area contributed by atoms with E-state index >= 15 is 0 Å². The summed E-state index contributed by atoms with van der Waals surface area (Å²) >= 11 is 5.68. The second-order valence-electron chi connectivity index (χ2n) is 4.23. The third-order valence-corrected chi connectivity index (χ3v) is 4.27. The van der Waals surface area contributed by atoms with Crippen molar-refractivity contribution in [1.82, 2.24) is 4.72 Å². The number of hydrogen-bond acceptors (Lipinski definition) is 5. The molecule has 6 nitrogen and oxygen atoms in total. The molecule has 120 valence electrons. The van der Waals surface area contributed by atoms with Gasteiger partial charge in [0.2, 0.25) is 10.0 Å². The Morgan fingerprint density at radius 2 is 2.10 bits per heavy atom. The first-order valence-corrected chi connectivity index (χ1v) is 7.67. The minimum absolute atomic E-state index is 0.188. The van der Waals surface area contributed by atoms with Crippen LogP contribution < -0.4 is 15.2 Å². The number of hydrogen-bond donors (Lipinski definition) is 3. The van der Waals surface area contributed by atoms with Crippen LogP contribution in [0.3, 0.4) is 0 Å². The molecule has 2 atom stereocenters. The van der Waals surface area contributed by atoms with E-state index in [0.29, 0.717) is 0 Å². The van der Waals surface area contributed by atoms with Gasteiger partial charge < -0.3 is 15.6 Å². The zero-order valence-corrected chi connectivity index (χ0v) is 12.5. The first-order valence-electron chi connectivity index (χ1n) is 5.81. The van der Waals surface area contributed by atoms with Crippen LogP contribution in [-0.4, -0.2) is 38.8 Å². The van der Waals surface area contributed by atoms with Gasteiger partial charge in [0.15, 0.2) is 0 Å². The number of alkyl halides is 2. The third-order valence-electron chi connectivity index (χ3n) is 2.56. The Labute approximate surface area is 125 Å². The molecule has 2 unspecified atom stereocenters. The van der Waals surface area contributed by atoms with Crippen molar-refractivity contribution < 1.29 is 27.0 Å². The van der Waals surface area contributed by atoms with Crippen molar-refractivity contribution in [3.8, 4) is 5.75 Å². The van der Waals surface area contributed by atoms with Gasteiger partial charge in [0.1, 0.15) is 5.75 Å². The maximum atomic E-state index is 12.1. The van der Waals surface area contributed by atoms with Crippen LogP contribution in [-0.2, 0) is 10.0 Å². The number of aliphatic hydroxyl groups is 1. The number of ether oxygens (including phenoxy) is 1. The van der Waals surface area contributed by atoms with E-state index in [-0.39, 0.29) is 22.2 Å². The molecule has 1 aromatic rings. The second-order valence-corrected chi connectivity index (χ2v) is 6.40. The topological polar surface area (TPSA) is 102 Å². The van der Waals surface area contributed by atoms with Gasteiger partial charge in [-0.15, -0.1) is 0 Å². The summed E-state index contributed by atoms with van der Waals surface area (Å²) in [7, 11) is -3.93. The van der Waals surface area contributed by atoms with Crippen LogP contribution in [0.2, 0.25) is 5.02 Å². The summed E-state index contributed by atoms with van der Waals surface area (Å²) in [6.07, 6.45) is -0.891. The van der Waals surface area contributed by atoms with Gasteiger partial charge in [0.05, 0.1) is 16.0 Å². The van der Waals surface area contributed by atoms with Crippen LogP contribution in [0, 0.1) is 0 Å². The summed E-state index contributed by atoms with van der Waals surface area (Å²) in [6, 6.07) is 2.30. The molecule has 0 saturated carbocycles. The molecule has 1 rings (SSSR count). The highest BCUT2D eigenvalue weighted by atomic mass is 35.5.